The molecule has 5 rings (SSSR count). The minimum atomic E-state index is -0.137. The van der Waals surface area contributed by atoms with Gasteiger partial charge < -0.3 is 24.1 Å². The van der Waals surface area contributed by atoms with Gasteiger partial charge in [0.1, 0.15) is 12.4 Å². The molecule has 0 fully saturated rings. The van der Waals surface area contributed by atoms with Crippen LogP contribution >= 0.6 is 0 Å². The van der Waals surface area contributed by atoms with Crippen molar-refractivity contribution >= 4 is 28.4 Å². The molecule has 0 aromatic carbocycles. The van der Waals surface area contributed by atoms with Crippen LogP contribution in [0.3, 0.4) is 0 Å². The summed E-state index contributed by atoms with van der Waals surface area (Å²) in [5.41, 5.74) is 5.55. The molecule has 1 aliphatic carbocycles. The predicted octanol–water partition coefficient (Wildman–Crippen LogP) is 3.45. The zero-order valence-electron chi connectivity index (χ0n) is 19.7. The van der Waals surface area contributed by atoms with Crippen molar-refractivity contribution in [2.24, 2.45) is 4.99 Å². The molecule has 4 aromatic heterocycles. The van der Waals surface area contributed by atoms with Crippen LogP contribution in [0, 0.1) is 19.3 Å². The highest BCUT2D eigenvalue weighted by atomic mass is 16.5. The van der Waals surface area contributed by atoms with Crippen LogP contribution in [0.25, 0.3) is 11.3 Å². The topological polar surface area (TPSA) is 126 Å². The number of ether oxygens (including phenoxy) is 2. The summed E-state index contributed by atoms with van der Waals surface area (Å²) in [6.45, 7) is 5.24. The van der Waals surface area contributed by atoms with Crippen LogP contribution in [0.15, 0.2) is 54.2 Å². The number of rotatable bonds is 9. The fourth-order valence-electron chi connectivity index (χ4n) is 4.09. The molecule has 10 nitrogen and oxygen atoms in total. The van der Waals surface area contributed by atoms with Gasteiger partial charge in [0.25, 0.3) is 5.88 Å². The molecule has 180 valence electrons. The van der Waals surface area contributed by atoms with Gasteiger partial charge in [-0.05, 0) is 38.0 Å². The highest BCUT2D eigenvalue weighted by Gasteiger charge is 2.28. The van der Waals surface area contributed by atoms with Gasteiger partial charge in [0.2, 0.25) is 0 Å². The molecule has 0 bridgehead atoms. The number of nitrogens with zero attached hydrogens (tertiary/aromatic N) is 5. The van der Waals surface area contributed by atoms with Crippen LogP contribution in [0.2, 0.25) is 0 Å². The third kappa shape index (κ3) is 4.35. The molecule has 0 saturated heterocycles. The van der Waals surface area contributed by atoms with Crippen molar-refractivity contribution in [1.82, 2.24) is 24.1 Å². The lowest BCUT2D eigenvalue weighted by Crippen LogP contribution is -2.20. The first kappa shape index (κ1) is 22.6. The number of imidazole rings is 1. The maximum Gasteiger partial charge on any atom is 0.260 e. The molecule has 10 heteroatoms. The van der Waals surface area contributed by atoms with Crippen molar-refractivity contribution < 1.29 is 14.6 Å². The van der Waals surface area contributed by atoms with Gasteiger partial charge in [0, 0.05) is 42.5 Å². The van der Waals surface area contributed by atoms with Crippen molar-refractivity contribution in [3.63, 3.8) is 0 Å². The average Bonchev–Trinajstić information content (AvgIpc) is 3.57. The number of nitrogens with one attached hydrogen (secondary N) is 2. The molecule has 35 heavy (non-hydrogen) atoms. The average molecular weight is 474 g/mol. The van der Waals surface area contributed by atoms with Crippen LogP contribution in [-0.2, 0) is 11.3 Å². The first-order valence-corrected chi connectivity index (χ1v) is 11.5. The fraction of sp³-hybridized carbons (Fsp3) is 0.280. The first-order valence-electron chi connectivity index (χ1n) is 11.5. The smallest absolute Gasteiger partial charge is 0.260 e. The van der Waals surface area contributed by atoms with Gasteiger partial charge in [-0.3, -0.25) is 5.41 Å². The Morgan fingerprint density at radius 1 is 1.17 bits per heavy atom. The standard InChI is InChI=1S/C25H27N7O3/c1-16-17(2)28-24-20(34-12-5-8-31-10-7-27-15-31)14-18(22(26)21(16)24)29-23-19-6-3-4-9-32(19)30-25(23)35-13-11-33/h3-4,6-7,9-10,14-15,26,28,33H,5,8,11-13H2,1-2H3. The molecular weight excluding hydrogens is 446 g/mol. The minimum Gasteiger partial charge on any atom is -0.491 e. The highest BCUT2D eigenvalue weighted by molar-refractivity contribution is 6.54. The van der Waals surface area contributed by atoms with Gasteiger partial charge >= 0.3 is 0 Å². The lowest BCUT2D eigenvalue weighted by molar-refractivity contribution is 0.197. The summed E-state index contributed by atoms with van der Waals surface area (Å²) in [7, 11) is 0. The molecule has 0 saturated carbocycles. The first-order chi connectivity index (χ1) is 17.1. The Bertz CT molecular complexity index is 1430. The summed E-state index contributed by atoms with van der Waals surface area (Å²) in [5.74, 6) is 0.945. The van der Waals surface area contributed by atoms with E-state index in [1.807, 2.05) is 42.8 Å². The monoisotopic (exact) mass is 473 g/mol. The second kappa shape index (κ2) is 9.59. The Labute approximate surface area is 202 Å². The van der Waals surface area contributed by atoms with Crippen LogP contribution in [0.1, 0.15) is 28.9 Å². The summed E-state index contributed by atoms with van der Waals surface area (Å²) in [4.78, 5) is 12.3. The summed E-state index contributed by atoms with van der Waals surface area (Å²) in [6, 6.07) is 5.65. The lowest BCUT2D eigenvalue weighted by Gasteiger charge is -2.18. The molecule has 0 atom stereocenters. The molecule has 1 aliphatic rings. The van der Waals surface area contributed by atoms with Crippen LogP contribution in [0.5, 0.6) is 5.88 Å². The molecule has 0 radical (unpaired) electrons. The van der Waals surface area contributed by atoms with E-state index in [0.29, 0.717) is 35.4 Å². The Hall–Kier alpha value is -4.18. The van der Waals surface area contributed by atoms with Crippen LogP contribution < -0.4 is 4.74 Å². The highest BCUT2D eigenvalue weighted by Crippen LogP contribution is 2.35. The van der Waals surface area contributed by atoms with E-state index in [4.69, 9.17) is 19.9 Å². The zero-order chi connectivity index (χ0) is 24.4. The number of aromatic amines is 1. The maximum absolute atomic E-state index is 9.23. The van der Waals surface area contributed by atoms with Gasteiger partial charge in [-0.25, -0.2) is 14.5 Å². The SMILES string of the molecule is Cc1[nH]c2c(c1C)C(=N)C(=Nc1c(OCCO)nn3ccccc13)C=C2OCCCn1ccnc1. The molecule has 0 amide bonds. The Morgan fingerprint density at radius 2 is 2.06 bits per heavy atom. The summed E-state index contributed by atoms with van der Waals surface area (Å²) in [5, 5.41) is 22.6. The number of aryl methyl sites for hydroxylation is 2. The normalized spacial score (nSPS) is 14.4. The summed E-state index contributed by atoms with van der Waals surface area (Å²) in [6.07, 6.45) is 9.87. The number of aliphatic imine (C=N–C) groups is 1. The van der Waals surface area contributed by atoms with Crippen LogP contribution in [-0.4, -0.2) is 60.5 Å². The van der Waals surface area contributed by atoms with Gasteiger partial charge in [0.05, 0.1) is 42.2 Å². The molecule has 0 unspecified atom stereocenters. The number of aliphatic hydroxyl groups is 1. The Kier molecular flexibility index (Phi) is 6.19. The minimum absolute atomic E-state index is 0.0978. The molecule has 0 aliphatic heterocycles. The number of H-pyrrole nitrogens is 1. The van der Waals surface area contributed by atoms with Gasteiger partial charge in [-0.15, -0.1) is 5.10 Å². The second-order valence-electron chi connectivity index (χ2n) is 8.26. The van der Waals surface area contributed by atoms with Crippen molar-refractivity contribution in [2.75, 3.05) is 19.8 Å². The zero-order valence-corrected chi connectivity index (χ0v) is 19.7. The molecule has 4 aromatic rings. The number of hydrogen-bond donors (Lipinski definition) is 3. The lowest BCUT2D eigenvalue weighted by atomic mass is 9.95. The third-order valence-corrected chi connectivity index (χ3v) is 5.94. The molecular formula is C25H27N7O3. The van der Waals surface area contributed by atoms with E-state index in [1.165, 1.54) is 0 Å². The van der Waals surface area contributed by atoms with E-state index in [9.17, 15) is 5.11 Å². The largest absolute Gasteiger partial charge is 0.491 e. The summed E-state index contributed by atoms with van der Waals surface area (Å²) < 4.78 is 15.5. The van der Waals surface area contributed by atoms with E-state index in [-0.39, 0.29) is 13.2 Å². The molecule has 3 N–H and O–H groups in total. The molecule has 0 spiro atoms. The van der Waals surface area contributed by atoms with Crippen molar-refractivity contribution in [1.29, 1.82) is 5.41 Å². The maximum atomic E-state index is 9.23. The quantitative estimate of drug-likeness (QED) is 0.321. The number of hydrogen-bond acceptors (Lipinski definition) is 7. The number of allylic oxidation sites excluding steroid dienone is 1. The second-order valence-corrected chi connectivity index (χ2v) is 8.26. The van der Waals surface area contributed by atoms with Gasteiger partial charge in [-0.2, -0.15) is 0 Å². The molecule has 4 heterocycles. The van der Waals surface area contributed by atoms with Crippen molar-refractivity contribution in [2.45, 2.75) is 26.8 Å². The van der Waals surface area contributed by atoms with Crippen molar-refractivity contribution in [3.8, 4) is 5.88 Å². The van der Waals surface area contributed by atoms with Gasteiger partial charge in [0.15, 0.2) is 5.69 Å². The number of aromatic nitrogens is 5. The van der Waals surface area contributed by atoms with Gasteiger partial charge in [-0.1, -0.05) is 6.07 Å². The predicted molar refractivity (Wildman–Crippen MR) is 133 cm³/mol. The van der Waals surface area contributed by atoms with Crippen molar-refractivity contribution in [3.05, 3.63) is 71.7 Å². The van der Waals surface area contributed by atoms with E-state index in [2.05, 4.69) is 15.1 Å². The Balaban J connectivity index is 1.51. The van der Waals surface area contributed by atoms with E-state index >= 15 is 0 Å². The van der Waals surface area contributed by atoms with E-state index < -0.39 is 0 Å². The third-order valence-electron chi connectivity index (χ3n) is 5.94. The number of fused-ring (bicyclic) bond motifs is 2. The fourth-order valence-corrected chi connectivity index (χ4v) is 4.09. The van der Waals surface area contributed by atoms with Crippen LogP contribution in [0.4, 0.5) is 5.69 Å². The van der Waals surface area contributed by atoms with E-state index in [0.717, 1.165) is 41.0 Å². The Morgan fingerprint density at radius 3 is 2.86 bits per heavy atom. The van der Waals surface area contributed by atoms with E-state index in [1.54, 1.807) is 29.3 Å². The summed E-state index contributed by atoms with van der Waals surface area (Å²) >= 11 is 0. The number of pyridine rings is 1. The number of aliphatic hydroxyl groups excluding tert-OH is 1.